The largest absolute Gasteiger partial charge is 0.416 e. The Hall–Kier alpha value is -2.37. The number of nitrogens with one attached hydrogen (secondary N) is 1. The van der Waals surface area contributed by atoms with Gasteiger partial charge in [-0.2, -0.15) is 26.3 Å². The monoisotopic (exact) mass is 514 g/mol. The maximum absolute atomic E-state index is 13.3. The second kappa shape index (κ2) is 10.5. The van der Waals surface area contributed by atoms with E-state index in [1.165, 1.54) is 36.2 Å². The number of rotatable bonds is 5. The van der Waals surface area contributed by atoms with Crippen LogP contribution in [0.4, 0.5) is 30.7 Å². The van der Waals surface area contributed by atoms with Gasteiger partial charge in [0.05, 0.1) is 42.5 Å². The fourth-order valence-corrected chi connectivity index (χ4v) is 3.74. The van der Waals surface area contributed by atoms with Crippen LogP contribution in [0.5, 0.6) is 0 Å². The van der Waals surface area contributed by atoms with Gasteiger partial charge in [0.15, 0.2) is 0 Å². The van der Waals surface area contributed by atoms with Crippen LogP contribution in [0.1, 0.15) is 35.2 Å². The van der Waals surface area contributed by atoms with E-state index in [0.29, 0.717) is 17.7 Å². The fraction of sp³-hybridized carbons (Fsp3) is 0.409. The van der Waals surface area contributed by atoms with Crippen LogP contribution in [0.25, 0.3) is 0 Å². The summed E-state index contributed by atoms with van der Waals surface area (Å²) in [4.78, 5) is 13.8. The van der Waals surface area contributed by atoms with Crippen molar-refractivity contribution in [3.05, 3.63) is 70.5 Å². The minimum atomic E-state index is -4.96. The van der Waals surface area contributed by atoms with Gasteiger partial charge in [0.1, 0.15) is 5.82 Å². The molecule has 1 unspecified atom stereocenters. The number of benzene rings is 2. The Kier molecular flexibility index (Phi) is 8.60. The molecular weight excluding hydrogens is 493 g/mol. The van der Waals surface area contributed by atoms with Crippen LogP contribution < -0.4 is 5.32 Å². The molecule has 0 bridgehead atoms. The molecule has 1 aliphatic rings. The van der Waals surface area contributed by atoms with E-state index in [9.17, 15) is 35.5 Å². The highest BCUT2D eigenvalue weighted by Crippen LogP contribution is 2.36. The average Bonchev–Trinajstić information content (AvgIpc) is 2.72. The second-order valence-corrected chi connectivity index (χ2v) is 7.86. The first kappa shape index (κ1) is 27.9. The first-order valence-electron chi connectivity index (χ1n) is 9.91. The zero-order valence-electron chi connectivity index (χ0n) is 18.0. The van der Waals surface area contributed by atoms with Gasteiger partial charge in [0.2, 0.25) is 5.91 Å². The van der Waals surface area contributed by atoms with E-state index in [1.807, 2.05) is 0 Å². The molecule has 1 N–H and O–H groups in total. The topological polar surface area (TPSA) is 41.6 Å². The Morgan fingerprint density at radius 2 is 1.50 bits per heavy atom. The van der Waals surface area contributed by atoms with E-state index in [4.69, 9.17) is 4.74 Å². The Balaban J connectivity index is 0.00000408. The van der Waals surface area contributed by atoms with E-state index >= 15 is 0 Å². The van der Waals surface area contributed by atoms with E-state index in [2.05, 4.69) is 5.32 Å². The summed E-state index contributed by atoms with van der Waals surface area (Å²) in [5.41, 5.74) is -2.52. The number of carbonyl (C=O) groups is 1. The highest BCUT2D eigenvalue weighted by molar-refractivity contribution is 5.85. The Morgan fingerprint density at radius 1 is 0.971 bits per heavy atom. The van der Waals surface area contributed by atoms with Crippen molar-refractivity contribution in [1.29, 1.82) is 0 Å². The standard InChI is InChI=1S/C22H21F7N2O2.ClH/c1-12-20(32)31(2)18(19(30-12)14-3-5-17(23)6-4-14)11-33-10-13-7-15(21(24,25)26)9-16(8-13)22(27,28)29;/h3-9,12,18-19,30H,10-11H2,1-2H3;1H/t12?,18-,19+;/m1./s1. The molecule has 0 saturated carbocycles. The van der Waals surface area contributed by atoms with E-state index < -0.39 is 54.0 Å². The smallest absolute Gasteiger partial charge is 0.375 e. The van der Waals surface area contributed by atoms with Crippen molar-refractivity contribution in [1.82, 2.24) is 10.2 Å². The molecule has 4 nitrogen and oxygen atoms in total. The highest BCUT2D eigenvalue weighted by Gasteiger charge is 2.39. The van der Waals surface area contributed by atoms with Crippen LogP contribution in [-0.2, 0) is 28.5 Å². The first-order valence-corrected chi connectivity index (χ1v) is 9.91. The zero-order chi connectivity index (χ0) is 24.6. The maximum Gasteiger partial charge on any atom is 0.416 e. The summed E-state index contributed by atoms with van der Waals surface area (Å²) >= 11 is 0. The molecule has 2 aromatic carbocycles. The molecule has 0 spiro atoms. The van der Waals surface area contributed by atoms with Crippen LogP contribution >= 0.6 is 12.4 Å². The molecule has 0 radical (unpaired) electrons. The van der Waals surface area contributed by atoms with Crippen molar-refractivity contribution >= 4 is 18.3 Å². The molecule has 12 heteroatoms. The number of nitrogens with zero attached hydrogens (tertiary/aromatic N) is 1. The Bertz CT molecular complexity index is 964. The highest BCUT2D eigenvalue weighted by atomic mass is 35.5. The molecule has 3 atom stereocenters. The summed E-state index contributed by atoms with van der Waals surface area (Å²) in [6.45, 7) is 0.937. The van der Waals surface area contributed by atoms with Gasteiger partial charge in [-0.3, -0.25) is 10.1 Å². The molecule has 0 aliphatic carbocycles. The van der Waals surface area contributed by atoms with E-state index in [-0.39, 0.29) is 36.6 Å². The van der Waals surface area contributed by atoms with Crippen LogP contribution in [0, 0.1) is 5.82 Å². The van der Waals surface area contributed by atoms with Crippen molar-refractivity contribution in [3.8, 4) is 0 Å². The summed E-state index contributed by atoms with van der Waals surface area (Å²) in [5, 5.41) is 3.10. The molecule has 1 fully saturated rings. The number of carbonyl (C=O) groups excluding carboxylic acids is 1. The lowest BCUT2D eigenvalue weighted by molar-refractivity contribution is -0.144. The van der Waals surface area contributed by atoms with Gasteiger partial charge in [-0.05, 0) is 48.4 Å². The maximum atomic E-state index is 13.3. The minimum Gasteiger partial charge on any atom is -0.375 e. The normalized spacial score (nSPS) is 21.4. The third-order valence-corrected chi connectivity index (χ3v) is 5.46. The van der Waals surface area contributed by atoms with Crippen LogP contribution in [0.2, 0.25) is 0 Å². The summed E-state index contributed by atoms with van der Waals surface area (Å²) in [6.07, 6.45) is -9.92. The lowest BCUT2D eigenvalue weighted by Gasteiger charge is -2.42. The van der Waals surface area contributed by atoms with Gasteiger partial charge >= 0.3 is 12.4 Å². The fourth-order valence-electron chi connectivity index (χ4n) is 3.74. The number of hydrogen-bond donors (Lipinski definition) is 1. The van der Waals surface area contributed by atoms with E-state index in [0.717, 1.165) is 0 Å². The third kappa shape index (κ3) is 6.39. The molecular formula is C22H22ClF7N2O2. The van der Waals surface area contributed by atoms with Crippen LogP contribution in [-0.4, -0.2) is 36.5 Å². The van der Waals surface area contributed by atoms with Gasteiger partial charge in [0, 0.05) is 7.05 Å². The molecule has 1 saturated heterocycles. The number of hydrogen-bond acceptors (Lipinski definition) is 3. The van der Waals surface area contributed by atoms with Gasteiger partial charge in [-0.1, -0.05) is 12.1 Å². The Labute approximate surface area is 197 Å². The van der Waals surface area contributed by atoms with Gasteiger partial charge in [-0.25, -0.2) is 4.39 Å². The van der Waals surface area contributed by atoms with E-state index in [1.54, 1.807) is 6.92 Å². The average molecular weight is 515 g/mol. The summed E-state index contributed by atoms with van der Waals surface area (Å²) < 4.78 is 97.2. The SMILES string of the molecule is CC1N[C@@H](c2ccc(F)cc2)[C@@H](COCc2cc(C(F)(F)F)cc(C(F)(F)F)c2)N(C)C1=O.Cl. The molecule has 2 aromatic rings. The lowest BCUT2D eigenvalue weighted by atomic mass is 9.94. The predicted molar refractivity (Wildman–Crippen MR) is 112 cm³/mol. The quantitative estimate of drug-likeness (QED) is 0.546. The number of alkyl halides is 6. The molecule has 0 aromatic heterocycles. The predicted octanol–water partition coefficient (Wildman–Crippen LogP) is 5.36. The number of piperazine rings is 1. The molecule has 1 heterocycles. The van der Waals surface area contributed by atoms with Gasteiger partial charge in [-0.15, -0.1) is 12.4 Å². The Morgan fingerprint density at radius 3 is 2.00 bits per heavy atom. The lowest BCUT2D eigenvalue weighted by Crippen LogP contribution is -2.60. The number of ether oxygens (including phenoxy) is 1. The molecule has 1 aliphatic heterocycles. The zero-order valence-corrected chi connectivity index (χ0v) is 18.8. The molecule has 188 valence electrons. The second-order valence-electron chi connectivity index (χ2n) is 7.86. The molecule has 34 heavy (non-hydrogen) atoms. The minimum absolute atomic E-state index is 0. The first-order chi connectivity index (χ1) is 15.3. The number of amides is 1. The summed E-state index contributed by atoms with van der Waals surface area (Å²) in [5.74, 6) is -0.717. The molecule has 3 rings (SSSR count). The van der Waals surface area contributed by atoms with Gasteiger partial charge in [0.25, 0.3) is 0 Å². The third-order valence-electron chi connectivity index (χ3n) is 5.46. The number of halogens is 8. The summed E-state index contributed by atoms with van der Waals surface area (Å²) in [6, 6.07) is 5.12. The number of likely N-dealkylation sites (N-methyl/N-ethyl adjacent to an activating group) is 1. The van der Waals surface area contributed by atoms with Crippen LogP contribution in [0.3, 0.4) is 0 Å². The van der Waals surface area contributed by atoms with Crippen molar-refractivity contribution in [2.24, 2.45) is 0 Å². The van der Waals surface area contributed by atoms with Crippen molar-refractivity contribution < 1.29 is 40.3 Å². The van der Waals surface area contributed by atoms with Crippen molar-refractivity contribution in [2.75, 3.05) is 13.7 Å². The summed E-state index contributed by atoms with van der Waals surface area (Å²) in [7, 11) is 1.52. The van der Waals surface area contributed by atoms with Crippen LogP contribution in [0.15, 0.2) is 42.5 Å². The van der Waals surface area contributed by atoms with Gasteiger partial charge < -0.3 is 9.64 Å². The van der Waals surface area contributed by atoms with Crippen molar-refractivity contribution in [3.63, 3.8) is 0 Å². The van der Waals surface area contributed by atoms with Crippen molar-refractivity contribution in [2.45, 2.75) is 44.0 Å². The molecule has 1 amide bonds.